The van der Waals surface area contributed by atoms with Gasteiger partial charge in [0.05, 0.1) is 0 Å². The fourth-order valence-corrected chi connectivity index (χ4v) is 2.60. The molecule has 0 aliphatic rings. The Morgan fingerprint density at radius 2 is 2.10 bits per heavy atom. The maximum absolute atomic E-state index is 4.60. The number of nitrogens with one attached hydrogen (secondary N) is 2. The summed E-state index contributed by atoms with van der Waals surface area (Å²) < 4.78 is 2.15. The van der Waals surface area contributed by atoms with Gasteiger partial charge in [-0.25, -0.2) is 0 Å². The molecule has 0 unspecified atom stereocenters. The molecular weight excluding hydrogens is 268 g/mol. The van der Waals surface area contributed by atoms with Crippen molar-refractivity contribution in [2.75, 3.05) is 19.6 Å². The molecule has 108 valence electrons. The van der Waals surface area contributed by atoms with Crippen molar-refractivity contribution in [1.29, 1.82) is 0 Å². The van der Waals surface area contributed by atoms with E-state index in [0.717, 1.165) is 38.6 Å². The molecule has 4 nitrogen and oxygen atoms in total. The molecule has 0 saturated carbocycles. The molecule has 0 spiro atoms. The van der Waals surface area contributed by atoms with Crippen molar-refractivity contribution < 1.29 is 0 Å². The minimum Gasteiger partial charge on any atom is -0.357 e. The van der Waals surface area contributed by atoms with Crippen LogP contribution >= 0.6 is 11.3 Å². The lowest BCUT2D eigenvalue weighted by Crippen LogP contribution is -2.39. The third-order valence-corrected chi connectivity index (χ3v) is 3.82. The summed E-state index contributed by atoms with van der Waals surface area (Å²) >= 11 is 1.79. The van der Waals surface area contributed by atoms with Gasteiger partial charge < -0.3 is 15.2 Å². The molecule has 0 atom stereocenters. The van der Waals surface area contributed by atoms with Crippen molar-refractivity contribution in [2.24, 2.45) is 4.99 Å². The summed E-state index contributed by atoms with van der Waals surface area (Å²) in [7, 11) is 0. The summed E-state index contributed by atoms with van der Waals surface area (Å²) in [5, 5.41) is 8.75. The first-order valence-corrected chi connectivity index (χ1v) is 7.92. The Labute approximate surface area is 124 Å². The Balaban J connectivity index is 1.73. The highest BCUT2D eigenvalue weighted by Crippen LogP contribution is 2.08. The predicted octanol–water partition coefficient (Wildman–Crippen LogP) is 2.35. The Kier molecular flexibility index (Phi) is 6.17. The molecule has 0 aromatic carbocycles. The normalized spacial score (nSPS) is 11.6. The molecule has 2 heterocycles. The summed E-state index contributed by atoms with van der Waals surface area (Å²) in [6, 6.07) is 8.33. The molecule has 0 fully saturated rings. The summed E-state index contributed by atoms with van der Waals surface area (Å²) in [4.78, 5) is 5.99. The van der Waals surface area contributed by atoms with Gasteiger partial charge in [0.2, 0.25) is 0 Å². The molecule has 0 aliphatic carbocycles. The van der Waals surface area contributed by atoms with Crippen LogP contribution in [0.15, 0.2) is 47.0 Å². The van der Waals surface area contributed by atoms with Crippen molar-refractivity contribution >= 4 is 17.3 Å². The third kappa shape index (κ3) is 5.09. The number of rotatable bonds is 7. The quantitative estimate of drug-likeness (QED) is 0.607. The predicted molar refractivity (Wildman–Crippen MR) is 86.4 cm³/mol. The molecule has 20 heavy (non-hydrogen) atoms. The number of guanidine groups is 1. The fourth-order valence-electron chi connectivity index (χ4n) is 1.90. The van der Waals surface area contributed by atoms with Gasteiger partial charge >= 0.3 is 0 Å². The second-order valence-electron chi connectivity index (χ2n) is 4.44. The average Bonchev–Trinajstić information content (AvgIpc) is 3.11. The fraction of sp³-hybridized carbons (Fsp3) is 0.400. The Morgan fingerprint density at radius 3 is 2.80 bits per heavy atom. The summed E-state index contributed by atoms with van der Waals surface area (Å²) in [6.45, 7) is 5.61. The first kappa shape index (κ1) is 14.7. The number of hydrogen-bond acceptors (Lipinski definition) is 2. The van der Waals surface area contributed by atoms with Gasteiger partial charge in [-0.3, -0.25) is 4.99 Å². The molecule has 5 heteroatoms. The van der Waals surface area contributed by atoms with Gasteiger partial charge in [-0.15, -0.1) is 11.3 Å². The van der Waals surface area contributed by atoms with E-state index in [9.17, 15) is 0 Å². The van der Waals surface area contributed by atoms with Crippen molar-refractivity contribution in [1.82, 2.24) is 15.2 Å². The van der Waals surface area contributed by atoms with Crippen LogP contribution in [-0.4, -0.2) is 30.2 Å². The molecule has 2 rings (SSSR count). The van der Waals surface area contributed by atoms with E-state index in [1.54, 1.807) is 11.3 Å². The minimum atomic E-state index is 0.819. The zero-order valence-electron chi connectivity index (χ0n) is 11.9. The van der Waals surface area contributed by atoms with Gasteiger partial charge in [0.15, 0.2) is 5.96 Å². The molecule has 2 aromatic rings. The van der Waals surface area contributed by atoms with Gasteiger partial charge in [0, 0.05) is 49.9 Å². The van der Waals surface area contributed by atoms with Crippen LogP contribution in [0, 0.1) is 0 Å². The highest BCUT2D eigenvalue weighted by Gasteiger charge is 1.97. The van der Waals surface area contributed by atoms with E-state index in [1.165, 1.54) is 4.88 Å². The van der Waals surface area contributed by atoms with Crippen molar-refractivity contribution in [2.45, 2.75) is 19.9 Å². The van der Waals surface area contributed by atoms with Gasteiger partial charge in [0.1, 0.15) is 0 Å². The van der Waals surface area contributed by atoms with Crippen molar-refractivity contribution in [3.63, 3.8) is 0 Å². The van der Waals surface area contributed by atoms with Crippen molar-refractivity contribution in [3.05, 3.63) is 46.9 Å². The summed E-state index contributed by atoms with van der Waals surface area (Å²) in [5.74, 6) is 0.899. The van der Waals surface area contributed by atoms with E-state index in [-0.39, 0.29) is 0 Å². The zero-order chi connectivity index (χ0) is 14.0. The largest absolute Gasteiger partial charge is 0.357 e. The van der Waals surface area contributed by atoms with E-state index in [1.807, 2.05) is 12.1 Å². The Bertz CT molecular complexity index is 488. The van der Waals surface area contributed by atoms with E-state index in [4.69, 9.17) is 0 Å². The van der Waals surface area contributed by atoms with E-state index < -0.39 is 0 Å². The third-order valence-electron chi connectivity index (χ3n) is 2.88. The van der Waals surface area contributed by atoms with Crippen LogP contribution in [0.4, 0.5) is 0 Å². The lowest BCUT2D eigenvalue weighted by molar-refractivity contribution is 0.666. The summed E-state index contributed by atoms with van der Waals surface area (Å²) in [6.07, 6.45) is 5.15. The summed E-state index contributed by atoms with van der Waals surface area (Å²) in [5.41, 5.74) is 0. The molecule has 0 amide bonds. The standard InChI is InChI=1S/C15H22N4S/c1-2-16-15(17-8-7-14-6-5-13-20-14)18-9-12-19-10-3-4-11-19/h3-6,10-11,13H,2,7-9,12H2,1H3,(H2,16,17,18). The van der Waals surface area contributed by atoms with E-state index in [0.29, 0.717) is 0 Å². The number of thiophene rings is 1. The van der Waals surface area contributed by atoms with Gasteiger partial charge in [-0.1, -0.05) is 6.07 Å². The number of aliphatic imine (C=N–C) groups is 1. The van der Waals surface area contributed by atoms with Crippen LogP contribution in [0.5, 0.6) is 0 Å². The number of nitrogens with zero attached hydrogens (tertiary/aromatic N) is 2. The molecule has 2 N–H and O–H groups in total. The number of hydrogen-bond donors (Lipinski definition) is 2. The number of aromatic nitrogens is 1. The average molecular weight is 290 g/mol. The second kappa shape index (κ2) is 8.43. The van der Waals surface area contributed by atoms with E-state index >= 15 is 0 Å². The zero-order valence-corrected chi connectivity index (χ0v) is 12.7. The highest BCUT2D eigenvalue weighted by atomic mass is 32.1. The van der Waals surface area contributed by atoms with E-state index in [2.05, 4.69) is 57.0 Å². The van der Waals surface area contributed by atoms with Crippen LogP contribution in [0.1, 0.15) is 11.8 Å². The maximum Gasteiger partial charge on any atom is 0.191 e. The van der Waals surface area contributed by atoms with Crippen molar-refractivity contribution in [3.8, 4) is 0 Å². The smallest absolute Gasteiger partial charge is 0.191 e. The Morgan fingerprint density at radius 1 is 1.25 bits per heavy atom. The molecule has 0 aliphatic heterocycles. The first-order chi connectivity index (χ1) is 9.88. The molecule has 2 aromatic heterocycles. The maximum atomic E-state index is 4.60. The SMILES string of the molecule is CCNC(=NCCc1cccs1)NCCn1cccc1. The van der Waals surface area contributed by atoms with Crippen LogP contribution in [0.2, 0.25) is 0 Å². The topological polar surface area (TPSA) is 41.4 Å². The molecular formula is C15H22N4S. The second-order valence-corrected chi connectivity index (χ2v) is 5.47. The Hall–Kier alpha value is -1.75. The van der Waals surface area contributed by atoms with Gasteiger partial charge in [-0.05, 0) is 30.5 Å². The van der Waals surface area contributed by atoms with Gasteiger partial charge in [0.25, 0.3) is 0 Å². The molecule has 0 bridgehead atoms. The first-order valence-electron chi connectivity index (χ1n) is 7.04. The molecule has 0 radical (unpaired) electrons. The monoisotopic (exact) mass is 290 g/mol. The van der Waals surface area contributed by atoms with Crippen LogP contribution in [0.25, 0.3) is 0 Å². The minimum absolute atomic E-state index is 0.819. The molecule has 0 saturated heterocycles. The highest BCUT2D eigenvalue weighted by molar-refractivity contribution is 7.09. The van der Waals surface area contributed by atoms with Crippen LogP contribution < -0.4 is 10.6 Å². The van der Waals surface area contributed by atoms with Gasteiger partial charge in [-0.2, -0.15) is 0 Å². The lowest BCUT2D eigenvalue weighted by Gasteiger charge is -2.11. The lowest BCUT2D eigenvalue weighted by atomic mass is 10.3. The van der Waals surface area contributed by atoms with Crippen LogP contribution in [-0.2, 0) is 13.0 Å². The van der Waals surface area contributed by atoms with Crippen LogP contribution in [0.3, 0.4) is 0 Å².